The molecule has 5 rings (SSSR count). The number of likely N-dealkylation sites (tertiary alicyclic amines) is 1. The maximum Gasteiger partial charge on any atom is 0.262 e. The van der Waals surface area contributed by atoms with Crippen LogP contribution in [-0.2, 0) is 4.79 Å². The zero-order chi connectivity index (χ0) is 24.4. The van der Waals surface area contributed by atoms with E-state index in [4.69, 9.17) is 21.3 Å². The minimum absolute atomic E-state index is 0.0138. The first kappa shape index (κ1) is 23.8. The molecule has 1 N–H and O–H groups in total. The Kier molecular flexibility index (Phi) is 7.07. The number of ether oxygens (including phenoxy) is 1. The van der Waals surface area contributed by atoms with E-state index in [9.17, 15) is 9.18 Å². The number of hydrogen-bond donors (Lipinski definition) is 1. The Morgan fingerprint density at radius 1 is 1.11 bits per heavy atom. The van der Waals surface area contributed by atoms with Crippen LogP contribution in [0.1, 0.15) is 31.2 Å². The molecule has 0 saturated carbocycles. The van der Waals surface area contributed by atoms with Gasteiger partial charge in [-0.25, -0.2) is 9.37 Å². The number of piperidine rings is 1. The van der Waals surface area contributed by atoms with Crippen molar-refractivity contribution in [1.29, 1.82) is 0 Å². The van der Waals surface area contributed by atoms with E-state index in [-0.39, 0.29) is 23.3 Å². The van der Waals surface area contributed by atoms with Crippen molar-refractivity contribution in [1.82, 2.24) is 9.88 Å². The molecular weight excluding hydrogens is 467 g/mol. The lowest BCUT2D eigenvalue weighted by atomic mass is 10.0. The quantitative estimate of drug-likeness (QED) is 0.494. The number of fused-ring (bicyclic) bond motifs is 1. The normalized spacial score (nSPS) is 17.2. The standard InChI is InChI=1S/C27H30ClFN4O2/c1-18-14-26(33-12-8-21(9-13-33)32-10-2-3-11-32)31-24-6-5-20(16-22(18)24)30-27(34)17-35-25-7-4-19(28)15-23(25)29/h4-7,14-16,21H,2-3,8-13,17H2,1H3,(H,30,34). The van der Waals surface area contributed by atoms with Crippen LogP contribution in [0, 0.1) is 12.7 Å². The van der Waals surface area contributed by atoms with Gasteiger partial charge in [0.25, 0.3) is 5.91 Å². The Morgan fingerprint density at radius 3 is 2.63 bits per heavy atom. The molecule has 2 aliphatic rings. The molecule has 3 aromatic rings. The Labute approximate surface area is 210 Å². The summed E-state index contributed by atoms with van der Waals surface area (Å²) in [6.07, 6.45) is 5.04. The molecule has 8 heteroatoms. The van der Waals surface area contributed by atoms with Crippen molar-refractivity contribution in [2.24, 2.45) is 0 Å². The molecule has 184 valence electrons. The van der Waals surface area contributed by atoms with Crippen molar-refractivity contribution < 1.29 is 13.9 Å². The van der Waals surface area contributed by atoms with Crippen LogP contribution in [-0.4, -0.2) is 54.6 Å². The lowest BCUT2D eigenvalue weighted by Gasteiger charge is -2.37. The first-order valence-corrected chi connectivity index (χ1v) is 12.6. The van der Waals surface area contributed by atoms with Gasteiger partial charge in [0.15, 0.2) is 18.2 Å². The van der Waals surface area contributed by atoms with Gasteiger partial charge in [0.2, 0.25) is 0 Å². The lowest BCUT2D eigenvalue weighted by molar-refractivity contribution is -0.118. The summed E-state index contributed by atoms with van der Waals surface area (Å²) in [7, 11) is 0. The Hall–Kier alpha value is -2.90. The van der Waals surface area contributed by atoms with Gasteiger partial charge >= 0.3 is 0 Å². The molecule has 0 unspecified atom stereocenters. The van der Waals surface area contributed by atoms with Crippen LogP contribution < -0.4 is 15.0 Å². The molecule has 0 spiro atoms. The first-order chi connectivity index (χ1) is 17.0. The highest BCUT2D eigenvalue weighted by Gasteiger charge is 2.27. The highest BCUT2D eigenvalue weighted by molar-refractivity contribution is 6.30. The Bertz CT molecular complexity index is 1220. The van der Waals surface area contributed by atoms with Gasteiger partial charge in [-0.05, 0) is 93.7 Å². The van der Waals surface area contributed by atoms with Gasteiger partial charge in [-0.2, -0.15) is 0 Å². The van der Waals surface area contributed by atoms with E-state index in [0.29, 0.717) is 11.7 Å². The third-order valence-electron chi connectivity index (χ3n) is 6.98. The number of benzene rings is 2. The van der Waals surface area contributed by atoms with Crippen molar-refractivity contribution in [3.8, 4) is 5.75 Å². The average Bonchev–Trinajstić information content (AvgIpc) is 3.39. The van der Waals surface area contributed by atoms with Gasteiger partial charge in [0, 0.05) is 35.2 Å². The lowest BCUT2D eigenvalue weighted by Crippen LogP contribution is -2.44. The molecule has 0 bridgehead atoms. The smallest absolute Gasteiger partial charge is 0.262 e. The second-order valence-corrected chi connectivity index (χ2v) is 9.84. The number of rotatable bonds is 6. The third-order valence-corrected chi connectivity index (χ3v) is 7.22. The molecule has 0 aliphatic carbocycles. The second kappa shape index (κ2) is 10.4. The highest BCUT2D eigenvalue weighted by Crippen LogP contribution is 2.29. The summed E-state index contributed by atoms with van der Waals surface area (Å²) in [6, 6.07) is 12.6. The summed E-state index contributed by atoms with van der Waals surface area (Å²) >= 11 is 5.75. The maximum atomic E-state index is 13.8. The van der Waals surface area contributed by atoms with Crippen LogP contribution in [0.4, 0.5) is 15.9 Å². The summed E-state index contributed by atoms with van der Waals surface area (Å²) in [5, 5.41) is 4.08. The van der Waals surface area contributed by atoms with E-state index >= 15 is 0 Å². The topological polar surface area (TPSA) is 57.7 Å². The van der Waals surface area contributed by atoms with Gasteiger partial charge in [0.05, 0.1) is 5.52 Å². The monoisotopic (exact) mass is 496 g/mol. The average molecular weight is 497 g/mol. The van der Waals surface area contributed by atoms with Crippen molar-refractivity contribution in [2.75, 3.05) is 43.0 Å². The Balaban J connectivity index is 1.22. The van der Waals surface area contributed by atoms with Crippen LogP contribution in [0.3, 0.4) is 0 Å². The molecule has 2 aromatic carbocycles. The van der Waals surface area contributed by atoms with E-state index in [1.165, 1.54) is 50.9 Å². The summed E-state index contributed by atoms with van der Waals surface area (Å²) in [6.45, 7) is 6.33. The van der Waals surface area contributed by atoms with E-state index in [0.717, 1.165) is 41.4 Å². The van der Waals surface area contributed by atoms with Crippen molar-refractivity contribution >= 4 is 39.9 Å². The highest BCUT2D eigenvalue weighted by atomic mass is 35.5. The fourth-order valence-electron chi connectivity index (χ4n) is 5.12. The van der Waals surface area contributed by atoms with E-state index in [2.05, 4.69) is 28.1 Å². The van der Waals surface area contributed by atoms with Gasteiger partial charge in [-0.1, -0.05) is 11.6 Å². The fourth-order valence-corrected chi connectivity index (χ4v) is 5.27. The van der Waals surface area contributed by atoms with Crippen LogP contribution >= 0.6 is 11.6 Å². The van der Waals surface area contributed by atoms with Crippen molar-refractivity contribution in [3.63, 3.8) is 0 Å². The number of carbonyl (C=O) groups is 1. The SMILES string of the molecule is Cc1cc(N2CCC(N3CCCC3)CC2)nc2ccc(NC(=O)COc3ccc(Cl)cc3F)cc12. The van der Waals surface area contributed by atoms with E-state index < -0.39 is 5.82 Å². The molecule has 6 nitrogen and oxygen atoms in total. The molecule has 2 saturated heterocycles. The van der Waals surface area contributed by atoms with E-state index in [1.807, 2.05) is 18.2 Å². The minimum atomic E-state index is -0.603. The molecular formula is C27H30ClFN4O2. The largest absolute Gasteiger partial charge is 0.481 e. The summed E-state index contributed by atoms with van der Waals surface area (Å²) in [5.74, 6) is 0.0285. The molecule has 1 aromatic heterocycles. The van der Waals surface area contributed by atoms with Crippen LogP contribution in [0.2, 0.25) is 5.02 Å². The summed E-state index contributed by atoms with van der Waals surface area (Å²) in [5.41, 5.74) is 2.66. The molecule has 1 amide bonds. The minimum Gasteiger partial charge on any atom is -0.481 e. The number of carbonyl (C=O) groups excluding carboxylic acids is 1. The molecule has 2 fully saturated rings. The fraction of sp³-hybridized carbons (Fsp3) is 0.407. The Morgan fingerprint density at radius 2 is 1.89 bits per heavy atom. The van der Waals surface area contributed by atoms with Gasteiger partial charge in [0.1, 0.15) is 5.82 Å². The van der Waals surface area contributed by atoms with Gasteiger partial charge < -0.3 is 19.9 Å². The van der Waals surface area contributed by atoms with Gasteiger partial charge in [-0.15, -0.1) is 0 Å². The number of halogens is 2. The summed E-state index contributed by atoms with van der Waals surface area (Å²) < 4.78 is 19.1. The van der Waals surface area contributed by atoms with Gasteiger partial charge in [-0.3, -0.25) is 4.79 Å². The molecule has 0 atom stereocenters. The summed E-state index contributed by atoms with van der Waals surface area (Å²) in [4.78, 5) is 22.3. The number of nitrogens with one attached hydrogen (secondary N) is 1. The number of pyridine rings is 1. The number of hydrogen-bond acceptors (Lipinski definition) is 5. The molecule has 2 aliphatic heterocycles. The van der Waals surface area contributed by atoms with Crippen LogP contribution in [0.15, 0.2) is 42.5 Å². The zero-order valence-electron chi connectivity index (χ0n) is 19.9. The first-order valence-electron chi connectivity index (χ1n) is 12.2. The van der Waals surface area contributed by atoms with E-state index in [1.54, 1.807) is 0 Å². The maximum absolute atomic E-state index is 13.8. The number of amides is 1. The van der Waals surface area contributed by atoms with Crippen LogP contribution in [0.25, 0.3) is 10.9 Å². The predicted molar refractivity (Wildman–Crippen MR) is 138 cm³/mol. The number of anilines is 2. The molecule has 3 heterocycles. The number of aromatic nitrogens is 1. The number of nitrogens with zero attached hydrogens (tertiary/aromatic N) is 3. The second-order valence-electron chi connectivity index (χ2n) is 9.40. The molecule has 0 radical (unpaired) electrons. The third kappa shape index (κ3) is 5.52. The molecule has 35 heavy (non-hydrogen) atoms. The van der Waals surface area contributed by atoms with Crippen LogP contribution in [0.5, 0.6) is 5.75 Å². The van der Waals surface area contributed by atoms with Crippen molar-refractivity contribution in [2.45, 2.75) is 38.6 Å². The number of aryl methyl sites for hydroxylation is 1. The predicted octanol–water partition coefficient (Wildman–Crippen LogP) is 5.42. The zero-order valence-corrected chi connectivity index (χ0v) is 20.7. The van der Waals surface area contributed by atoms with Crippen molar-refractivity contribution in [3.05, 3.63) is 58.9 Å².